The molecular formula is C54H91O34P. The van der Waals surface area contributed by atoms with Gasteiger partial charge in [0, 0.05) is 0 Å². The molecule has 21 heterocycles. The van der Waals surface area contributed by atoms with Crippen LogP contribution in [0.1, 0.15) is 64.2 Å². The normalized spacial score (nSPS) is 52.1. The highest BCUT2D eigenvalue weighted by Gasteiger charge is 2.60. The Balaban J connectivity index is 0.962. The predicted octanol–water partition coefficient (Wildman–Crippen LogP) is -10.1. The fourth-order valence-electron chi connectivity index (χ4n) is 14.0. The van der Waals surface area contributed by atoms with E-state index in [1.807, 2.05) is 0 Å². The molecule has 0 amide bonds. The number of hydrogen-bond donors (Lipinski definition) is 20. The summed E-state index contributed by atoms with van der Waals surface area (Å²) in [6.45, 7) is -6.07. The van der Waals surface area contributed by atoms with Crippen molar-refractivity contribution in [2.45, 2.75) is 290 Å². The molecule has 0 radical (unpaired) electrons. The molecule has 0 aromatic rings. The summed E-state index contributed by atoms with van der Waals surface area (Å²) in [6.07, 6.45) is -58.2. The Hall–Kier alpha value is -0.930. The van der Waals surface area contributed by atoms with E-state index in [0.29, 0.717) is 0 Å². The topological polar surface area (TPSA) is 534 Å². The smallest absolute Gasteiger partial charge is 0.187 e. The van der Waals surface area contributed by atoms with E-state index in [2.05, 4.69) is 0 Å². The van der Waals surface area contributed by atoms with Crippen molar-refractivity contribution < 1.29 is 168 Å². The summed E-state index contributed by atoms with van der Waals surface area (Å²) in [6, 6.07) is 0. The van der Waals surface area contributed by atoms with E-state index < -0.39 is 263 Å². The number of rotatable bonds is 10. The van der Waals surface area contributed by atoms with Crippen molar-refractivity contribution in [3.05, 3.63) is 0 Å². The lowest BCUT2D eigenvalue weighted by molar-refractivity contribution is -0.396. The molecular weight excluding hydrogens is 1220 g/mol. The van der Waals surface area contributed by atoms with E-state index in [9.17, 15) is 102 Å². The molecule has 0 aromatic carbocycles. The fraction of sp³-hybridized carbons (Fsp3) is 1.00. The summed E-state index contributed by atoms with van der Waals surface area (Å²) in [4.78, 5) is 0. The molecule has 0 aromatic heterocycles. The zero-order chi connectivity index (χ0) is 63.9. The van der Waals surface area contributed by atoms with Gasteiger partial charge in [0.1, 0.15) is 165 Å². The summed E-state index contributed by atoms with van der Waals surface area (Å²) in [7, 11) is -0.968. The Labute approximate surface area is 511 Å². The van der Waals surface area contributed by atoms with Gasteiger partial charge in [-0.05, 0) is 43.2 Å². The highest BCUT2D eigenvalue weighted by Crippen LogP contribution is 2.57. The van der Waals surface area contributed by atoms with E-state index in [-0.39, 0.29) is 17.5 Å². The van der Waals surface area contributed by atoms with Crippen LogP contribution in [0.2, 0.25) is 0 Å². The van der Waals surface area contributed by atoms with Crippen LogP contribution in [0.3, 0.4) is 0 Å². The Kier molecular flexibility index (Phi) is 24.7. The second-order valence-corrected chi connectivity index (χ2v) is 27.6. The van der Waals surface area contributed by atoms with Crippen molar-refractivity contribution >= 4 is 7.92 Å². The van der Waals surface area contributed by atoms with Crippen molar-refractivity contribution in [3.63, 3.8) is 0 Å². The molecule has 2 saturated carbocycles. The molecule has 34 nitrogen and oxygen atoms in total. The van der Waals surface area contributed by atoms with Gasteiger partial charge in [0.15, 0.2) is 44.0 Å². The SMILES string of the molecule is OC[C@H]1O[C@@H]2O[C@H]3[C@H](O)[C@@H](O)[C@@H](O[C@H]4[C@H](O)[C@@H](O)[C@@H](O[C@H]5[C@H](O)[C@@H](O)[C@@H](O[C@H]6[C@H](O)[C@@H](O)[C@@H](O[C@H]7[C@H](O)[C@@H](O)[C@@H](O[C@H]8[C@H](O)[C@@H](O)[C@@H](O[C@H]1[C@H](O)[C@H]2O)O[C@@H]8CO)O[C@@H]7CO)O[C@@H]6CO)O[C@@H]5CP(C1CCCCC1)C1CCCCC1)O[C@@H]4CO)O[C@@H]3CO. The minimum Gasteiger partial charge on any atom is -0.394 e. The van der Waals surface area contributed by atoms with Crippen LogP contribution in [0.25, 0.3) is 0 Å². The Morgan fingerprint density at radius 1 is 0.213 bits per heavy atom. The molecule has 23 aliphatic rings. The maximum Gasteiger partial charge on any atom is 0.187 e. The van der Waals surface area contributed by atoms with Crippen molar-refractivity contribution in [1.29, 1.82) is 0 Å². The third kappa shape index (κ3) is 14.7. The van der Waals surface area contributed by atoms with E-state index >= 15 is 0 Å². The molecule has 0 spiro atoms. The lowest BCUT2D eigenvalue weighted by Gasteiger charge is -2.51. The van der Waals surface area contributed by atoms with Gasteiger partial charge in [-0.2, -0.15) is 0 Å². The van der Waals surface area contributed by atoms with Crippen molar-refractivity contribution in [1.82, 2.24) is 0 Å². The number of aliphatic hydroxyl groups is 20. The molecule has 20 N–H and O–H groups in total. The maximum absolute atomic E-state index is 12.2. The van der Waals surface area contributed by atoms with Crippen molar-refractivity contribution in [2.24, 2.45) is 0 Å². The van der Waals surface area contributed by atoms with E-state index in [1.54, 1.807) is 0 Å². The largest absolute Gasteiger partial charge is 0.394 e. The minimum atomic E-state index is -2.20. The second kappa shape index (κ2) is 31.1. The zero-order valence-corrected chi connectivity index (χ0v) is 49.4. The first kappa shape index (κ1) is 70.9. The van der Waals surface area contributed by atoms with Crippen LogP contribution < -0.4 is 0 Å². The number of hydrogen-bond acceptors (Lipinski definition) is 34. The molecule has 21 saturated heterocycles. The summed E-state index contributed by atoms with van der Waals surface area (Å²) < 4.78 is 83.2. The van der Waals surface area contributed by atoms with Gasteiger partial charge < -0.3 is 168 Å². The lowest BCUT2D eigenvalue weighted by atomic mass is 9.95. The number of ether oxygens (including phenoxy) is 14. The quantitative estimate of drug-likeness (QED) is 0.0903. The van der Waals surface area contributed by atoms with Crippen LogP contribution in [0.4, 0.5) is 0 Å². The summed E-state index contributed by atoms with van der Waals surface area (Å²) in [5, 5.41) is 226. The molecule has 0 unspecified atom stereocenters. The van der Waals surface area contributed by atoms with Crippen LogP contribution in [0, 0.1) is 0 Å². The van der Waals surface area contributed by atoms with Crippen LogP contribution in [-0.2, 0) is 66.3 Å². The molecule has 2 aliphatic carbocycles. The van der Waals surface area contributed by atoms with Gasteiger partial charge in [-0.25, -0.2) is 0 Å². The fourth-order valence-corrected chi connectivity index (χ4v) is 18.0. The maximum atomic E-state index is 12.2. The van der Waals surface area contributed by atoms with E-state index in [1.165, 1.54) is 0 Å². The highest BCUT2D eigenvalue weighted by molar-refractivity contribution is 7.59. The zero-order valence-electron chi connectivity index (χ0n) is 48.5. The third-order valence-corrected chi connectivity index (χ3v) is 22.8. The highest BCUT2D eigenvalue weighted by atomic mass is 31.1. The second-order valence-electron chi connectivity index (χ2n) is 24.7. The van der Waals surface area contributed by atoms with Crippen LogP contribution >= 0.6 is 7.92 Å². The van der Waals surface area contributed by atoms with Gasteiger partial charge in [-0.3, -0.25) is 0 Å². The lowest BCUT2D eigenvalue weighted by Crippen LogP contribution is -2.68. The van der Waals surface area contributed by atoms with Gasteiger partial charge in [-0.15, -0.1) is 0 Å². The van der Waals surface area contributed by atoms with Crippen LogP contribution in [-0.4, -0.2) is 374 Å². The molecule has 89 heavy (non-hydrogen) atoms. The first-order valence-electron chi connectivity index (χ1n) is 30.8. The molecule has 35 atom stereocenters. The minimum absolute atomic E-state index is 0.222. The molecule has 23 fully saturated rings. The first-order valence-corrected chi connectivity index (χ1v) is 32.4. The Morgan fingerprint density at radius 2 is 0.382 bits per heavy atom. The third-order valence-electron chi connectivity index (χ3n) is 19.1. The molecule has 23 rings (SSSR count). The summed E-state index contributed by atoms with van der Waals surface area (Å²) in [5.41, 5.74) is 0.493. The van der Waals surface area contributed by atoms with Crippen LogP contribution in [0.5, 0.6) is 0 Å². The number of aliphatic hydroxyl groups excluding tert-OH is 20. The first-order chi connectivity index (χ1) is 42.7. The molecule has 21 aliphatic heterocycles. The van der Waals surface area contributed by atoms with E-state index in [4.69, 9.17) is 66.3 Å². The van der Waals surface area contributed by atoms with Crippen LogP contribution in [0.15, 0.2) is 0 Å². The average molecular weight is 1320 g/mol. The average Bonchev–Trinajstić information content (AvgIpc) is 2.24. The van der Waals surface area contributed by atoms with Crippen molar-refractivity contribution in [3.8, 4) is 0 Å². The van der Waals surface area contributed by atoms with Gasteiger partial charge in [-0.1, -0.05) is 46.4 Å². The van der Waals surface area contributed by atoms with Gasteiger partial charge in [0.2, 0.25) is 0 Å². The Bertz CT molecular complexity index is 2130. The molecule has 14 bridgehead atoms. The predicted molar refractivity (Wildman–Crippen MR) is 287 cm³/mol. The summed E-state index contributed by atoms with van der Waals surface area (Å²) in [5.74, 6) is 0. The standard InChI is InChI=1S/C54H91O34P/c55-11-20-41-28(62)35(69)49(76-20)84-43-22(13-57)78-51(37(71)30(43)64)86-45-24(15-59)80-53(39(73)32(45)66)88-47-26(17-89(18-7-3-1-4-8-18)19-9-5-2-6-10-19)81-54(40(74)33(47)67)87-46-25(16-60)79-52(38(72)31(46)65)85-44-23(14-58)77-50(36(70)29(44)63)83-42-21(12-56)75-48(82-41)34(68)27(42)61/h18-74H,1-17H2/t20-,21-,22-,23-,24-,25-,26-,27-,28-,29-,30-,31-,32-,33-,34-,35-,36-,37-,38-,39-,40-,41-,42-,43-,44-,45-,46-,47-,48-,49-,50-,51-,52-,53-,54-/m1/s1. The summed E-state index contributed by atoms with van der Waals surface area (Å²) >= 11 is 0. The van der Waals surface area contributed by atoms with E-state index in [0.717, 1.165) is 64.2 Å². The monoisotopic (exact) mass is 1310 g/mol. The Morgan fingerprint density at radius 3 is 0.562 bits per heavy atom. The molecule has 516 valence electrons. The van der Waals surface area contributed by atoms with Crippen molar-refractivity contribution in [2.75, 3.05) is 45.8 Å². The molecule has 35 heteroatoms. The van der Waals surface area contributed by atoms with Gasteiger partial charge in [0.05, 0.1) is 45.7 Å². The van der Waals surface area contributed by atoms with Gasteiger partial charge in [0.25, 0.3) is 0 Å². The van der Waals surface area contributed by atoms with Gasteiger partial charge >= 0.3 is 0 Å².